The lowest BCUT2D eigenvalue weighted by molar-refractivity contribution is 0.173. The number of nitrogens with one attached hydrogen (secondary N) is 1. The summed E-state index contributed by atoms with van der Waals surface area (Å²) in [6.07, 6.45) is 4.05. The van der Waals surface area contributed by atoms with Crippen molar-refractivity contribution in [2.75, 3.05) is 7.05 Å². The Morgan fingerprint density at radius 2 is 2.19 bits per heavy atom. The first-order chi connectivity index (χ1) is 7.72. The van der Waals surface area contributed by atoms with E-state index in [9.17, 15) is 0 Å². The van der Waals surface area contributed by atoms with E-state index >= 15 is 0 Å². The lowest BCUT2D eigenvalue weighted by Crippen LogP contribution is -2.31. The summed E-state index contributed by atoms with van der Waals surface area (Å²) >= 11 is 1.70. The highest BCUT2D eigenvalue weighted by Gasteiger charge is 2.30. The van der Waals surface area contributed by atoms with E-state index in [0.29, 0.717) is 6.04 Å². The number of aromatic nitrogens is 1. The maximum Gasteiger partial charge on any atom is 0.0795 e. The fraction of sp³-hybridized carbons (Fsp3) is 0.769. The zero-order valence-corrected chi connectivity index (χ0v) is 11.3. The van der Waals surface area contributed by atoms with Crippen molar-refractivity contribution in [1.82, 2.24) is 10.3 Å². The molecule has 2 nitrogen and oxygen atoms in total. The van der Waals surface area contributed by atoms with Crippen LogP contribution in [0.5, 0.6) is 0 Å². The molecule has 0 bridgehead atoms. The molecular formula is C13H22N2S. The Kier molecular flexibility index (Phi) is 3.98. The molecule has 0 aliphatic heterocycles. The minimum absolute atomic E-state index is 0.459. The van der Waals surface area contributed by atoms with Gasteiger partial charge in [-0.2, -0.15) is 0 Å². The van der Waals surface area contributed by atoms with Crippen LogP contribution in [0.2, 0.25) is 0 Å². The van der Waals surface area contributed by atoms with Gasteiger partial charge in [0, 0.05) is 5.38 Å². The maximum atomic E-state index is 4.46. The van der Waals surface area contributed by atoms with Gasteiger partial charge in [-0.1, -0.05) is 20.3 Å². The average Bonchev–Trinajstić information content (AvgIpc) is 2.78. The Balaban J connectivity index is 2.05. The second-order valence-corrected chi connectivity index (χ2v) is 5.93. The van der Waals surface area contributed by atoms with Crippen molar-refractivity contribution in [3.63, 3.8) is 0 Å². The van der Waals surface area contributed by atoms with Gasteiger partial charge >= 0.3 is 0 Å². The minimum Gasteiger partial charge on any atom is -0.311 e. The third kappa shape index (κ3) is 2.46. The van der Waals surface area contributed by atoms with Crippen LogP contribution in [-0.4, -0.2) is 12.0 Å². The molecule has 90 valence electrons. The molecule has 4 unspecified atom stereocenters. The maximum absolute atomic E-state index is 4.46. The molecule has 0 radical (unpaired) electrons. The van der Waals surface area contributed by atoms with Crippen LogP contribution in [-0.2, 0) is 0 Å². The third-order valence-corrected chi connectivity index (χ3v) is 4.80. The Morgan fingerprint density at radius 3 is 2.75 bits per heavy atom. The topological polar surface area (TPSA) is 24.9 Å². The van der Waals surface area contributed by atoms with Crippen LogP contribution in [0, 0.1) is 17.8 Å². The second kappa shape index (κ2) is 5.28. The molecule has 4 atom stereocenters. The smallest absolute Gasteiger partial charge is 0.0795 e. The van der Waals surface area contributed by atoms with E-state index in [4.69, 9.17) is 0 Å². The molecule has 1 aliphatic carbocycles. The molecule has 3 heteroatoms. The third-order valence-electron chi connectivity index (χ3n) is 4.19. The first-order valence-corrected chi connectivity index (χ1v) is 7.22. The first kappa shape index (κ1) is 12.1. The summed E-state index contributed by atoms with van der Waals surface area (Å²) in [6.45, 7) is 4.78. The standard InChI is InChI=1S/C13H22N2S/c1-9-4-5-11(6-10(9)2)13(14-3)12-7-16-8-15-12/h7-11,13-14H,4-6H2,1-3H3. The highest BCUT2D eigenvalue weighted by atomic mass is 32.1. The average molecular weight is 238 g/mol. The quantitative estimate of drug-likeness (QED) is 0.872. The molecule has 1 N–H and O–H groups in total. The Labute approximate surface area is 102 Å². The van der Waals surface area contributed by atoms with Gasteiger partial charge in [-0.3, -0.25) is 0 Å². The van der Waals surface area contributed by atoms with Crippen molar-refractivity contribution in [3.8, 4) is 0 Å². The van der Waals surface area contributed by atoms with Crippen molar-refractivity contribution in [1.29, 1.82) is 0 Å². The lowest BCUT2D eigenvalue weighted by atomic mass is 9.73. The Bertz CT molecular complexity index is 310. The van der Waals surface area contributed by atoms with Gasteiger partial charge in [0.2, 0.25) is 0 Å². The summed E-state index contributed by atoms with van der Waals surface area (Å²) in [6, 6.07) is 0.459. The van der Waals surface area contributed by atoms with Crippen LogP contribution in [0.3, 0.4) is 0 Å². The molecular weight excluding hydrogens is 216 g/mol. The molecule has 0 aromatic carbocycles. The number of rotatable bonds is 3. The minimum atomic E-state index is 0.459. The Morgan fingerprint density at radius 1 is 1.38 bits per heavy atom. The molecule has 1 aromatic rings. The van der Waals surface area contributed by atoms with Crippen molar-refractivity contribution < 1.29 is 0 Å². The molecule has 0 saturated heterocycles. The van der Waals surface area contributed by atoms with Gasteiger partial charge in [-0.05, 0) is 37.6 Å². The lowest BCUT2D eigenvalue weighted by Gasteiger charge is -2.36. The molecule has 1 aliphatic rings. The summed E-state index contributed by atoms with van der Waals surface area (Å²) in [5.74, 6) is 2.51. The zero-order chi connectivity index (χ0) is 11.5. The molecule has 16 heavy (non-hydrogen) atoms. The predicted molar refractivity (Wildman–Crippen MR) is 69.6 cm³/mol. The molecule has 2 rings (SSSR count). The summed E-state index contributed by atoms with van der Waals surface area (Å²) in [7, 11) is 2.06. The van der Waals surface area contributed by atoms with Crippen molar-refractivity contribution in [2.24, 2.45) is 17.8 Å². The molecule has 0 spiro atoms. The van der Waals surface area contributed by atoms with E-state index in [1.54, 1.807) is 11.3 Å². The van der Waals surface area contributed by atoms with Gasteiger partial charge in [0.15, 0.2) is 0 Å². The fourth-order valence-electron chi connectivity index (χ4n) is 2.89. The fourth-order valence-corrected chi connectivity index (χ4v) is 3.48. The zero-order valence-electron chi connectivity index (χ0n) is 10.4. The van der Waals surface area contributed by atoms with Crippen LogP contribution in [0.15, 0.2) is 10.9 Å². The number of nitrogens with zero attached hydrogens (tertiary/aromatic N) is 1. The van der Waals surface area contributed by atoms with E-state index in [2.05, 4.69) is 36.6 Å². The van der Waals surface area contributed by atoms with Crippen LogP contribution < -0.4 is 5.32 Å². The summed E-state index contributed by atoms with van der Waals surface area (Å²) in [4.78, 5) is 4.46. The second-order valence-electron chi connectivity index (χ2n) is 5.21. The van der Waals surface area contributed by atoms with Gasteiger partial charge in [-0.25, -0.2) is 4.98 Å². The van der Waals surface area contributed by atoms with Crippen molar-refractivity contribution >= 4 is 11.3 Å². The highest BCUT2D eigenvalue weighted by molar-refractivity contribution is 7.07. The number of hydrogen-bond donors (Lipinski definition) is 1. The van der Waals surface area contributed by atoms with E-state index in [1.807, 2.05) is 5.51 Å². The van der Waals surface area contributed by atoms with Crippen LogP contribution in [0.4, 0.5) is 0 Å². The van der Waals surface area contributed by atoms with Gasteiger partial charge in [0.05, 0.1) is 17.2 Å². The summed E-state index contributed by atoms with van der Waals surface area (Å²) < 4.78 is 0. The monoisotopic (exact) mass is 238 g/mol. The number of thiazole rings is 1. The normalized spacial score (nSPS) is 32.6. The van der Waals surface area contributed by atoms with Crippen molar-refractivity contribution in [3.05, 3.63) is 16.6 Å². The molecule has 1 heterocycles. The number of hydrogen-bond acceptors (Lipinski definition) is 3. The van der Waals surface area contributed by atoms with Gasteiger partial charge in [-0.15, -0.1) is 11.3 Å². The molecule has 0 amide bonds. The van der Waals surface area contributed by atoms with E-state index in [-0.39, 0.29) is 0 Å². The molecule has 1 saturated carbocycles. The predicted octanol–water partition coefficient (Wildman–Crippen LogP) is 3.48. The molecule has 1 aromatic heterocycles. The molecule has 1 fully saturated rings. The van der Waals surface area contributed by atoms with Crippen molar-refractivity contribution in [2.45, 2.75) is 39.2 Å². The highest BCUT2D eigenvalue weighted by Crippen LogP contribution is 2.39. The van der Waals surface area contributed by atoms with E-state index < -0.39 is 0 Å². The van der Waals surface area contributed by atoms with Gasteiger partial charge in [0.1, 0.15) is 0 Å². The summed E-state index contributed by atoms with van der Waals surface area (Å²) in [5.41, 5.74) is 3.17. The van der Waals surface area contributed by atoms with Gasteiger partial charge in [0.25, 0.3) is 0 Å². The van der Waals surface area contributed by atoms with Crippen LogP contribution >= 0.6 is 11.3 Å². The van der Waals surface area contributed by atoms with E-state index in [0.717, 1.165) is 17.8 Å². The summed E-state index contributed by atoms with van der Waals surface area (Å²) in [5, 5.41) is 5.64. The van der Waals surface area contributed by atoms with Crippen LogP contribution in [0.1, 0.15) is 44.8 Å². The van der Waals surface area contributed by atoms with Crippen LogP contribution in [0.25, 0.3) is 0 Å². The van der Waals surface area contributed by atoms with Gasteiger partial charge < -0.3 is 5.32 Å². The first-order valence-electron chi connectivity index (χ1n) is 6.27. The Hall–Kier alpha value is -0.410. The largest absolute Gasteiger partial charge is 0.311 e. The van der Waals surface area contributed by atoms with E-state index in [1.165, 1.54) is 25.0 Å². The SMILES string of the molecule is CNC(c1cscn1)C1CCC(C)C(C)C1.